The number of amides is 1. The first kappa shape index (κ1) is 24.1. The van der Waals surface area contributed by atoms with Gasteiger partial charge in [-0.3, -0.25) is 4.79 Å². The molecule has 0 spiro atoms. The number of nitrogens with zero attached hydrogens (tertiary/aromatic N) is 1. The molecule has 1 amide bonds. The standard InChI is InChI=1S/C22H41NO4/c1-4-5-8-11-17(24)14-15-19-18(20(25)16-21(19)26)12-9-6-7-10-13-22(27)23(2)3/h6,9,17-21,24-26H,4-5,7-8,10-16H2,1-3H3/b9-6-/t17-,18+,19+,20-,21+/m0/s1. The molecule has 0 radical (unpaired) electrons. The van der Waals surface area contributed by atoms with Crippen LogP contribution in [0.5, 0.6) is 0 Å². The predicted molar refractivity (Wildman–Crippen MR) is 109 cm³/mol. The maximum atomic E-state index is 11.5. The molecule has 5 heteroatoms. The van der Waals surface area contributed by atoms with E-state index in [0.29, 0.717) is 19.3 Å². The van der Waals surface area contributed by atoms with Gasteiger partial charge in [0.15, 0.2) is 0 Å². The molecule has 0 aliphatic heterocycles. The molecular weight excluding hydrogens is 342 g/mol. The van der Waals surface area contributed by atoms with Crippen LogP contribution in [0.25, 0.3) is 0 Å². The van der Waals surface area contributed by atoms with Crippen LogP contribution in [0.1, 0.15) is 77.6 Å². The van der Waals surface area contributed by atoms with Crippen molar-refractivity contribution in [1.82, 2.24) is 4.90 Å². The Labute approximate surface area is 165 Å². The lowest BCUT2D eigenvalue weighted by molar-refractivity contribution is -0.128. The van der Waals surface area contributed by atoms with Gasteiger partial charge in [0.2, 0.25) is 5.91 Å². The van der Waals surface area contributed by atoms with E-state index >= 15 is 0 Å². The number of hydrogen-bond acceptors (Lipinski definition) is 4. The van der Waals surface area contributed by atoms with Gasteiger partial charge < -0.3 is 20.2 Å². The molecule has 0 saturated heterocycles. The Bertz CT molecular complexity index is 438. The van der Waals surface area contributed by atoms with Gasteiger partial charge in [-0.25, -0.2) is 0 Å². The van der Waals surface area contributed by atoms with Crippen LogP contribution >= 0.6 is 0 Å². The fourth-order valence-corrected chi connectivity index (χ4v) is 4.03. The number of allylic oxidation sites excluding steroid dienone is 2. The molecule has 1 saturated carbocycles. The lowest BCUT2D eigenvalue weighted by Gasteiger charge is -2.23. The highest BCUT2D eigenvalue weighted by Gasteiger charge is 2.40. The lowest BCUT2D eigenvalue weighted by Crippen LogP contribution is -2.23. The third-order valence-corrected chi connectivity index (χ3v) is 5.83. The van der Waals surface area contributed by atoms with E-state index < -0.39 is 12.2 Å². The zero-order valence-corrected chi connectivity index (χ0v) is 17.5. The minimum Gasteiger partial charge on any atom is -0.393 e. The summed E-state index contributed by atoms with van der Waals surface area (Å²) in [7, 11) is 3.54. The molecule has 1 rings (SSSR count). The summed E-state index contributed by atoms with van der Waals surface area (Å²) in [6.07, 6.45) is 12.0. The second kappa shape index (κ2) is 13.3. The maximum absolute atomic E-state index is 11.5. The van der Waals surface area contributed by atoms with Gasteiger partial charge in [-0.1, -0.05) is 38.3 Å². The zero-order chi connectivity index (χ0) is 20.2. The highest BCUT2D eigenvalue weighted by atomic mass is 16.3. The zero-order valence-electron chi connectivity index (χ0n) is 17.5. The minimum atomic E-state index is -0.473. The van der Waals surface area contributed by atoms with Crippen molar-refractivity contribution in [2.75, 3.05) is 14.1 Å². The van der Waals surface area contributed by atoms with Crippen LogP contribution in [-0.4, -0.2) is 58.5 Å². The summed E-state index contributed by atoms with van der Waals surface area (Å²) in [5.74, 6) is 0.263. The van der Waals surface area contributed by atoms with E-state index in [-0.39, 0.29) is 23.8 Å². The van der Waals surface area contributed by atoms with E-state index in [4.69, 9.17) is 0 Å². The van der Waals surface area contributed by atoms with Gasteiger partial charge in [0.25, 0.3) is 0 Å². The van der Waals surface area contributed by atoms with E-state index in [1.807, 2.05) is 0 Å². The van der Waals surface area contributed by atoms with Crippen molar-refractivity contribution < 1.29 is 20.1 Å². The first-order chi connectivity index (χ1) is 12.9. The average Bonchev–Trinajstić information content (AvgIpc) is 2.88. The molecule has 0 bridgehead atoms. The molecule has 0 aromatic carbocycles. The summed E-state index contributed by atoms with van der Waals surface area (Å²) in [5, 5.41) is 30.7. The Morgan fingerprint density at radius 3 is 2.44 bits per heavy atom. The van der Waals surface area contributed by atoms with Gasteiger partial charge in [-0.05, 0) is 56.8 Å². The van der Waals surface area contributed by atoms with Crippen molar-refractivity contribution in [3.8, 4) is 0 Å². The van der Waals surface area contributed by atoms with E-state index in [1.165, 1.54) is 0 Å². The first-order valence-electron chi connectivity index (χ1n) is 10.8. The summed E-state index contributed by atoms with van der Waals surface area (Å²) in [4.78, 5) is 13.1. The number of carbonyl (C=O) groups is 1. The molecule has 0 heterocycles. The Kier molecular flexibility index (Phi) is 11.9. The van der Waals surface area contributed by atoms with Crippen molar-refractivity contribution in [3.05, 3.63) is 12.2 Å². The van der Waals surface area contributed by atoms with E-state index in [0.717, 1.165) is 51.4 Å². The van der Waals surface area contributed by atoms with Crippen LogP contribution < -0.4 is 0 Å². The Morgan fingerprint density at radius 1 is 1.07 bits per heavy atom. The van der Waals surface area contributed by atoms with Crippen molar-refractivity contribution >= 4 is 5.91 Å². The monoisotopic (exact) mass is 383 g/mol. The Balaban J connectivity index is 2.35. The van der Waals surface area contributed by atoms with Crippen LogP contribution in [0.3, 0.4) is 0 Å². The second-order valence-electron chi connectivity index (χ2n) is 8.31. The maximum Gasteiger partial charge on any atom is 0.222 e. The van der Waals surface area contributed by atoms with Crippen molar-refractivity contribution in [1.29, 1.82) is 0 Å². The highest BCUT2D eigenvalue weighted by molar-refractivity contribution is 5.75. The second-order valence-corrected chi connectivity index (χ2v) is 8.31. The molecule has 158 valence electrons. The lowest BCUT2D eigenvalue weighted by atomic mass is 9.85. The summed E-state index contributed by atoms with van der Waals surface area (Å²) in [5.41, 5.74) is 0. The largest absolute Gasteiger partial charge is 0.393 e. The molecule has 0 unspecified atom stereocenters. The van der Waals surface area contributed by atoms with Crippen molar-refractivity contribution in [2.24, 2.45) is 11.8 Å². The summed E-state index contributed by atoms with van der Waals surface area (Å²) in [6.45, 7) is 2.15. The van der Waals surface area contributed by atoms with Gasteiger partial charge in [0.1, 0.15) is 0 Å². The van der Waals surface area contributed by atoms with Gasteiger partial charge in [-0.15, -0.1) is 0 Å². The predicted octanol–water partition coefficient (Wildman–Crippen LogP) is 3.27. The van der Waals surface area contributed by atoms with Crippen molar-refractivity contribution in [2.45, 2.75) is 95.9 Å². The fraction of sp³-hybridized carbons (Fsp3) is 0.864. The number of unbranched alkanes of at least 4 members (excludes halogenated alkanes) is 3. The topological polar surface area (TPSA) is 81.0 Å². The third-order valence-electron chi connectivity index (χ3n) is 5.83. The highest BCUT2D eigenvalue weighted by Crippen LogP contribution is 2.38. The smallest absolute Gasteiger partial charge is 0.222 e. The molecule has 1 aliphatic carbocycles. The summed E-state index contributed by atoms with van der Waals surface area (Å²) < 4.78 is 0. The summed E-state index contributed by atoms with van der Waals surface area (Å²) in [6, 6.07) is 0. The molecule has 1 aliphatic rings. The van der Waals surface area contributed by atoms with Crippen LogP contribution in [0, 0.1) is 11.8 Å². The Morgan fingerprint density at radius 2 is 1.78 bits per heavy atom. The number of carbonyl (C=O) groups excluding carboxylic acids is 1. The quantitative estimate of drug-likeness (QED) is 0.337. The molecule has 5 nitrogen and oxygen atoms in total. The molecule has 0 aromatic rings. The third kappa shape index (κ3) is 9.22. The number of rotatable bonds is 13. The van der Waals surface area contributed by atoms with Crippen LogP contribution in [0.2, 0.25) is 0 Å². The molecule has 0 aromatic heterocycles. The van der Waals surface area contributed by atoms with Gasteiger partial charge in [-0.2, -0.15) is 0 Å². The van der Waals surface area contributed by atoms with Crippen LogP contribution in [0.4, 0.5) is 0 Å². The molecule has 3 N–H and O–H groups in total. The Hall–Kier alpha value is -0.910. The number of hydrogen-bond donors (Lipinski definition) is 3. The van der Waals surface area contributed by atoms with Crippen LogP contribution in [0.15, 0.2) is 12.2 Å². The molecule has 1 fully saturated rings. The molecular formula is C22H41NO4. The number of aliphatic hydroxyl groups excluding tert-OH is 3. The average molecular weight is 384 g/mol. The molecule has 27 heavy (non-hydrogen) atoms. The summed E-state index contributed by atoms with van der Waals surface area (Å²) >= 11 is 0. The SMILES string of the molecule is CCCCC[C@H](O)CC[C@@H]1[C@@H](C/C=C\CCCC(=O)N(C)C)[C@@H](O)C[C@H]1O. The minimum absolute atomic E-state index is 0.0563. The van der Waals surface area contributed by atoms with Crippen LogP contribution in [-0.2, 0) is 4.79 Å². The van der Waals surface area contributed by atoms with Gasteiger partial charge >= 0.3 is 0 Å². The van der Waals surface area contributed by atoms with Crippen molar-refractivity contribution in [3.63, 3.8) is 0 Å². The van der Waals surface area contributed by atoms with E-state index in [1.54, 1.807) is 19.0 Å². The van der Waals surface area contributed by atoms with E-state index in [9.17, 15) is 20.1 Å². The normalized spacial score (nSPS) is 26.6. The van der Waals surface area contributed by atoms with Gasteiger partial charge in [0.05, 0.1) is 18.3 Å². The number of aliphatic hydroxyl groups is 3. The molecule has 5 atom stereocenters. The van der Waals surface area contributed by atoms with Gasteiger partial charge in [0, 0.05) is 20.5 Å². The van der Waals surface area contributed by atoms with E-state index in [2.05, 4.69) is 19.1 Å². The fourth-order valence-electron chi connectivity index (χ4n) is 4.03. The first-order valence-corrected chi connectivity index (χ1v) is 10.8.